The predicted molar refractivity (Wildman–Crippen MR) is 88.9 cm³/mol. The first-order chi connectivity index (χ1) is 10.7. The highest BCUT2D eigenvalue weighted by molar-refractivity contribution is 5.94. The fraction of sp³-hybridized carbons (Fsp3) is 0.471. The Balaban J connectivity index is 2.20. The number of hydrogen-bond donors (Lipinski definition) is 1. The molecule has 0 saturated carbocycles. The Bertz CT molecular complexity index is 671. The molecule has 6 heteroatoms. The van der Waals surface area contributed by atoms with Gasteiger partial charge in [-0.2, -0.15) is 5.10 Å². The predicted octanol–water partition coefficient (Wildman–Crippen LogP) is 1.96. The minimum Gasteiger partial charge on any atom is -0.394 e. The Hall–Kier alpha value is -2.21. The second-order valence-corrected chi connectivity index (χ2v) is 6.80. The molecule has 0 aliphatic rings. The molecule has 2 rings (SSSR count). The van der Waals surface area contributed by atoms with E-state index in [-0.39, 0.29) is 24.0 Å². The van der Waals surface area contributed by atoms with E-state index in [0.29, 0.717) is 11.4 Å². The smallest absolute Gasteiger partial charge is 0.253 e. The molecule has 1 N–H and O–H groups in total. The Morgan fingerprint density at radius 1 is 1.30 bits per heavy atom. The topological polar surface area (TPSA) is 71.2 Å². The monoisotopic (exact) mass is 316 g/mol. The average molecular weight is 316 g/mol. The van der Waals surface area contributed by atoms with Crippen molar-refractivity contribution >= 4 is 5.91 Å². The van der Waals surface area contributed by atoms with Gasteiger partial charge in [0.25, 0.3) is 5.91 Å². The third kappa shape index (κ3) is 3.76. The van der Waals surface area contributed by atoms with Crippen molar-refractivity contribution < 1.29 is 9.90 Å². The first-order valence-electron chi connectivity index (χ1n) is 7.58. The summed E-state index contributed by atoms with van der Waals surface area (Å²) in [4.78, 5) is 18.4. The first kappa shape index (κ1) is 17.1. The number of nitrogens with zero attached hydrogens (tertiary/aromatic N) is 4. The van der Waals surface area contributed by atoms with Crippen LogP contribution in [0.4, 0.5) is 0 Å². The number of carbonyl (C=O) groups is 1. The van der Waals surface area contributed by atoms with E-state index in [2.05, 4.69) is 10.1 Å². The Kier molecular flexibility index (Phi) is 4.85. The molecule has 0 saturated heterocycles. The zero-order valence-electron chi connectivity index (χ0n) is 14.3. The maximum absolute atomic E-state index is 12.6. The van der Waals surface area contributed by atoms with E-state index in [0.717, 1.165) is 5.56 Å². The van der Waals surface area contributed by atoms with Gasteiger partial charge in [-0.15, -0.1) is 0 Å². The van der Waals surface area contributed by atoms with Gasteiger partial charge in [-0.25, -0.2) is 4.98 Å². The normalized spacial score (nSPS) is 13.0. The fourth-order valence-corrected chi connectivity index (χ4v) is 2.56. The Morgan fingerprint density at radius 2 is 1.91 bits per heavy atom. The van der Waals surface area contributed by atoms with E-state index in [1.807, 2.05) is 40.0 Å². The van der Waals surface area contributed by atoms with Gasteiger partial charge in [-0.3, -0.25) is 9.48 Å². The number of rotatable bonds is 4. The highest BCUT2D eigenvalue weighted by atomic mass is 16.3. The van der Waals surface area contributed by atoms with E-state index in [4.69, 9.17) is 0 Å². The molecule has 1 heterocycles. The highest BCUT2D eigenvalue weighted by Gasteiger charge is 2.30. The van der Waals surface area contributed by atoms with Crippen LogP contribution in [0.3, 0.4) is 0 Å². The number of hydrogen-bond acceptors (Lipinski definition) is 4. The van der Waals surface area contributed by atoms with Gasteiger partial charge in [0.15, 0.2) is 5.82 Å². The van der Waals surface area contributed by atoms with Crippen molar-refractivity contribution in [2.45, 2.75) is 26.8 Å². The molecular formula is C17H24N4O2. The largest absolute Gasteiger partial charge is 0.394 e. The molecule has 0 bridgehead atoms. The number of likely N-dealkylation sites (N-methyl/N-ethyl adjacent to an activating group) is 1. The summed E-state index contributed by atoms with van der Waals surface area (Å²) < 4.78 is 1.64. The molecule has 23 heavy (non-hydrogen) atoms. The second-order valence-electron chi connectivity index (χ2n) is 6.80. The summed E-state index contributed by atoms with van der Waals surface area (Å²) in [7, 11) is 3.54. The molecule has 1 atom stereocenters. The summed E-state index contributed by atoms with van der Waals surface area (Å²) in [6, 6.07) is 6.96. The van der Waals surface area contributed by atoms with E-state index >= 15 is 0 Å². The quantitative estimate of drug-likeness (QED) is 0.936. The van der Waals surface area contributed by atoms with Crippen molar-refractivity contribution in [3.63, 3.8) is 0 Å². The number of aromatic nitrogens is 3. The number of benzene rings is 1. The minimum atomic E-state index is -0.243. The van der Waals surface area contributed by atoms with Crippen LogP contribution in [0.1, 0.15) is 31.1 Å². The molecule has 1 aromatic heterocycles. The van der Waals surface area contributed by atoms with Crippen LogP contribution in [0, 0.1) is 5.41 Å². The third-order valence-corrected chi connectivity index (χ3v) is 3.95. The molecule has 1 aromatic carbocycles. The molecule has 6 nitrogen and oxygen atoms in total. The van der Waals surface area contributed by atoms with Crippen LogP contribution in [0.5, 0.6) is 0 Å². The SMILES string of the molecule is CN(C(=O)c1ccc(-c2ncn(C)n2)cc1)[C@@H](CO)C(C)(C)C. The molecule has 0 aliphatic heterocycles. The van der Waals surface area contributed by atoms with Gasteiger partial charge in [0.2, 0.25) is 0 Å². The number of amides is 1. The summed E-state index contributed by atoms with van der Waals surface area (Å²) in [6.45, 7) is 5.95. The van der Waals surface area contributed by atoms with Crippen LogP contribution in [-0.2, 0) is 7.05 Å². The molecule has 0 fully saturated rings. The lowest BCUT2D eigenvalue weighted by molar-refractivity contribution is 0.0434. The lowest BCUT2D eigenvalue weighted by atomic mass is 9.86. The van der Waals surface area contributed by atoms with Crippen molar-refractivity contribution in [2.24, 2.45) is 12.5 Å². The van der Waals surface area contributed by atoms with Gasteiger partial charge in [-0.1, -0.05) is 32.9 Å². The zero-order chi connectivity index (χ0) is 17.2. The van der Waals surface area contributed by atoms with E-state index in [1.54, 1.807) is 35.1 Å². The van der Waals surface area contributed by atoms with Gasteiger partial charge in [0.1, 0.15) is 6.33 Å². The van der Waals surface area contributed by atoms with Gasteiger partial charge < -0.3 is 10.0 Å². The molecule has 124 valence electrons. The van der Waals surface area contributed by atoms with E-state index < -0.39 is 0 Å². The van der Waals surface area contributed by atoms with Gasteiger partial charge in [0.05, 0.1) is 12.6 Å². The third-order valence-electron chi connectivity index (χ3n) is 3.95. The van der Waals surface area contributed by atoms with Crippen molar-refractivity contribution in [1.82, 2.24) is 19.7 Å². The van der Waals surface area contributed by atoms with E-state index in [9.17, 15) is 9.90 Å². The Labute approximate surface area is 136 Å². The lowest BCUT2D eigenvalue weighted by Crippen LogP contribution is -2.47. The summed E-state index contributed by atoms with van der Waals surface area (Å²) in [5.41, 5.74) is 1.24. The Morgan fingerprint density at radius 3 is 2.35 bits per heavy atom. The number of carbonyl (C=O) groups excluding carboxylic acids is 1. The second kappa shape index (κ2) is 6.50. The molecule has 0 unspecified atom stereocenters. The number of aliphatic hydroxyl groups is 1. The number of aliphatic hydroxyl groups excluding tert-OH is 1. The standard InChI is InChI=1S/C17H24N4O2/c1-17(2,3)14(10-22)21(5)16(23)13-8-6-12(7-9-13)15-18-11-20(4)19-15/h6-9,11,14,22H,10H2,1-5H3/t14-/m0/s1. The minimum absolute atomic E-state index is 0.0678. The summed E-state index contributed by atoms with van der Waals surface area (Å²) in [5.74, 6) is 0.516. The van der Waals surface area contributed by atoms with Crippen LogP contribution < -0.4 is 0 Å². The first-order valence-corrected chi connectivity index (χ1v) is 7.58. The van der Waals surface area contributed by atoms with Crippen molar-refractivity contribution in [3.8, 4) is 11.4 Å². The lowest BCUT2D eigenvalue weighted by Gasteiger charge is -2.36. The van der Waals surface area contributed by atoms with Crippen LogP contribution in [0.2, 0.25) is 0 Å². The van der Waals surface area contributed by atoms with Crippen LogP contribution in [-0.4, -0.2) is 50.4 Å². The van der Waals surface area contributed by atoms with Crippen LogP contribution in [0.15, 0.2) is 30.6 Å². The van der Waals surface area contributed by atoms with Crippen molar-refractivity contribution in [3.05, 3.63) is 36.2 Å². The van der Waals surface area contributed by atoms with Gasteiger partial charge in [0, 0.05) is 25.2 Å². The maximum Gasteiger partial charge on any atom is 0.253 e. The summed E-state index contributed by atoms with van der Waals surface area (Å²) in [5, 5.41) is 13.9. The molecule has 0 spiro atoms. The molecule has 1 amide bonds. The fourth-order valence-electron chi connectivity index (χ4n) is 2.56. The maximum atomic E-state index is 12.6. The molecular weight excluding hydrogens is 292 g/mol. The van der Waals surface area contributed by atoms with Crippen LogP contribution >= 0.6 is 0 Å². The molecule has 0 aliphatic carbocycles. The summed E-state index contributed by atoms with van der Waals surface area (Å²) in [6.07, 6.45) is 1.64. The van der Waals surface area contributed by atoms with Gasteiger partial charge in [-0.05, 0) is 17.5 Å². The summed E-state index contributed by atoms with van der Waals surface area (Å²) >= 11 is 0. The van der Waals surface area contributed by atoms with Crippen LogP contribution in [0.25, 0.3) is 11.4 Å². The zero-order valence-corrected chi connectivity index (χ0v) is 14.3. The number of aryl methyl sites for hydroxylation is 1. The molecule has 2 aromatic rings. The van der Waals surface area contributed by atoms with E-state index in [1.165, 1.54) is 0 Å². The van der Waals surface area contributed by atoms with Crippen molar-refractivity contribution in [1.29, 1.82) is 0 Å². The highest BCUT2D eigenvalue weighted by Crippen LogP contribution is 2.25. The average Bonchev–Trinajstić information content (AvgIpc) is 2.92. The van der Waals surface area contributed by atoms with Gasteiger partial charge >= 0.3 is 0 Å². The molecule has 0 radical (unpaired) electrons. The van der Waals surface area contributed by atoms with Crippen molar-refractivity contribution in [2.75, 3.05) is 13.7 Å².